The fourth-order valence-electron chi connectivity index (χ4n) is 1.35. The lowest BCUT2D eigenvalue weighted by Crippen LogP contribution is -2.35. The lowest BCUT2D eigenvalue weighted by atomic mass is 10.2. The molecule has 1 aromatic heterocycles. The van der Waals surface area contributed by atoms with Crippen molar-refractivity contribution in [3.63, 3.8) is 0 Å². The Morgan fingerprint density at radius 1 is 1.81 bits per heavy atom. The minimum absolute atomic E-state index is 0.230. The molecule has 0 radical (unpaired) electrons. The van der Waals surface area contributed by atoms with Crippen molar-refractivity contribution >= 4 is 11.6 Å². The minimum Gasteiger partial charge on any atom is -0.322 e. The summed E-state index contributed by atoms with van der Waals surface area (Å²) in [6.45, 7) is 1.97. The number of aromatic nitrogens is 2. The van der Waals surface area contributed by atoms with Gasteiger partial charge in [-0.25, -0.2) is 0 Å². The number of rotatable bonds is 4. The largest absolute Gasteiger partial charge is 0.322 e. The van der Waals surface area contributed by atoms with Crippen molar-refractivity contribution < 1.29 is 4.79 Å². The van der Waals surface area contributed by atoms with Crippen molar-refractivity contribution in [3.05, 3.63) is 11.9 Å². The maximum atomic E-state index is 11.6. The summed E-state index contributed by atoms with van der Waals surface area (Å²) < 4.78 is 1.65. The van der Waals surface area contributed by atoms with Gasteiger partial charge in [-0.2, -0.15) is 5.10 Å². The van der Waals surface area contributed by atoms with Crippen LogP contribution in [0.3, 0.4) is 0 Å². The van der Waals surface area contributed by atoms with Gasteiger partial charge in [0.15, 0.2) is 0 Å². The van der Waals surface area contributed by atoms with Gasteiger partial charge in [-0.15, -0.1) is 12.3 Å². The molecule has 5 heteroatoms. The summed E-state index contributed by atoms with van der Waals surface area (Å²) >= 11 is 0. The summed E-state index contributed by atoms with van der Waals surface area (Å²) in [6.07, 6.45) is 7.82. The van der Waals surface area contributed by atoms with Gasteiger partial charge in [-0.1, -0.05) is 6.92 Å². The van der Waals surface area contributed by atoms with E-state index in [0.717, 1.165) is 12.1 Å². The summed E-state index contributed by atoms with van der Waals surface area (Å²) in [6, 6.07) is -0.671. The van der Waals surface area contributed by atoms with E-state index in [1.165, 1.54) is 0 Å². The monoisotopic (exact) mass is 220 g/mol. The molecule has 1 heterocycles. The second-order valence-corrected chi connectivity index (χ2v) is 3.52. The molecule has 1 aromatic rings. The van der Waals surface area contributed by atoms with Crippen LogP contribution in [0, 0.1) is 12.3 Å². The number of terminal acetylenes is 1. The van der Waals surface area contributed by atoms with Gasteiger partial charge in [-0.05, 0) is 6.42 Å². The highest BCUT2D eigenvalue weighted by Crippen LogP contribution is 2.13. The molecule has 0 aliphatic carbocycles. The summed E-state index contributed by atoms with van der Waals surface area (Å²) in [5.74, 6) is 2.08. The van der Waals surface area contributed by atoms with E-state index in [9.17, 15) is 4.79 Å². The topological polar surface area (TPSA) is 72.9 Å². The molecule has 0 bridgehead atoms. The molecule has 86 valence electrons. The van der Waals surface area contributed by atoms with Crippen LogP contribution in [0.25, 0.3) is 0 Å². The number of hydrogen-bond donors (Lipinski definition) is 2. The van der Waals surface area contributed by atoms with E-state index >= 15 is 0 Å². The molecule has 0 fully saturated rings. The van der Waals surface area contributed by atoms with E-state index in [-0.39, 0.29) is 12.3 Å². The predicted octanol–water partition coefficient (Wildman–Crippen LogP) is 0.272. The number of aryl methyl sites for hydroxylation is 2. The van der Waals surface area contributed by atoms with Crippen LogP contribution in [0.2, 0.25) is 0 Å². The van der Waals surface area contributed by atoms with Crippen molar-refractivity contribution in [2.75, 3.05) is 5.32 Å². The standard InChI is InChI=1S/C11H16N4O/c1-4-6-8(12)11(16)13-10-7-15(3)14-9(10)5-2/h1,7-8H,5-6,12H2,2-3H3,(H,13,16). The third kappa shape index (κ3) is 2.84. The number of carbonyl (C=O) groups is 1. The summed E-state index contributed by atoms with van der Waals surface area (Å²) in [5.41, 5.74) is 7.13. The molecule has 0 aliphatic rings. The van der Waals surface area contributed by atoms with Gasteiger partial charge in [0.1, 0.15) is 0 Å². The van der Waals surface area contributed by atoms with E-state index in [4.69, 9.17) is 12.2 Å². The van der Waals surface area contributed by atoms with Crippen LogP contribution in [0.1, 0.15) is 19.0 Å². The van der Waals surface area contributed by atoms with Gasteiger partial charge < -0.3 is 11.1 Å². The summed E-state index contributed by atoms with van der Waals surface area (Å²) in [4.78, 5) is 11.6. The lowest BCUT2D eigenvalue weighted by molar-refractivity contribution is -0.117. The zero-order valence-electron chi connectivity index (χ0n) is 9.53. The third-order valence-electron chi connectivity index (χ3n) is 2.17. The van der Waals surface area contributed by atoms with E-state index in [0.29, 0.717) is 5.69 Å². The molecule has 1 atom stereocenters. The van der Waals surface area contributed by atoms with Crippen LogP contribution in [0.5, 0.6) is 0 Å². The zero-order valence-corrected chi connectivity index (χ0v) is 9.53. The number of amides is 1. The average Bonchev–Trinajstić information content (AvgIpc) is 2.59. The molecule has 0 aromatic carbocycles. The molecule has 0 saturated heterocycles. The van der Waals surface area contributed by atoms with Crippen LogP contribution in [-0.2, 0) is 18.3 Å². The van der Waals surface area contributed by atoms with Crippen LogP contribution in [-0.4, -0.2) is 21.7 Å². The summed E-state index contributed by atoms with van der Waals surface area (Å²) in [5, 5.41) is 6.93. The number of nitrogens with two attached hydrogens (primary N) is 1. The quantitative estimate of drug-likeness (QED) is 0.715. The SMILES string of the molecule is C#CCC(N)C(=O)Nc1cn(C)nc1CC. The molecule has 16 heavy (non-hydrogen) atoms. The first-order valence-corrected chi connectivity index (χ1v) is 5.10. The number of nitrogens with one attached hydrogen (secondary N) is 1. The van der Waals surface area contributed by atoms with Crippen molar-refractivity contribution in [1.29, 1.82) is 0 Å². The van der Waals surface area contributed by atoms with Crippen LogP contribution < -0.4 is 11.1 Å². The Morgan fingerprint density at radius 3 is 3.06 bits per heavy atom. The number of anilines is 1. The second-order valence-electron chi connectivity index (χ2n) is 3.52. The molecule has 3 N–H and O–H groups in total. The first-order valence-electron chi connectivity index (χ1n) is 5.10. The molecule has 0 saturated carbocycles. The first-order chi connectivity index (χ1) is 7.58. The van der Waals surface area contributed by atoms with Crippen molar-refractivity contribution in [1.82, 2.24) is 9.78 Å². The first kappa shape index (κ1) is 12.3. The molecule has 1 rings (SSSR count). The number of nitrogens with zero attached hydrogens (tertiary/aromatic N) is 2. The van der Waals surface area contributed by atoms with Crippen molar-refractivity contribution in [3.8, 4) is 12.3 Å². The Morgan fingerprint density at radius 2 is 2.50 bits per heavy atom. The second kappa shape index (κ2) is 5.33. The van der Waals surface area contributed by atoms with Gasteiger partial charge in [0.2, 0.25) is 5.91 Å². The van der Waals surface area contributed by atoms with E-state index in [2.05, 4.69) is 16.3 Å². The molecule has 0 aliphatic heterocycles. The fourth-order valence-corrected chi connectivity index (χ4v) is 1.35. The minimum atomic E-state index is -0.671. The van der Waals surface area contributed by atoms with Gasteiger partial charge in [0, 0.05) is 19.7 Å². The molecular formula is C11H16N4O. The average molecular weight is 220 g/mol. The Balaban J connectivity index is 2.73. The maximum absolute atomic E-state index is 11.6. The van der Waals surface area contributed by atoms with Gasteiger partial charge in [-0.3, -0.25) is 9.48 Å². The van der Waals surface area contributed by atoms with Crippen LogP contribution in [0.15, 0.2) is 6.20 Å². The lowest BCUT2D eigenvalue weighted by Gasteiger charge is -2.08. The van der Waals surface area contributed by atoms with E-state index in [1.54, 1.807) is 17.9 Å². The predicted molar refractivity (Wildman–Crippen MR) is 62.6 cm³/mol. The molecule has 5 nitrogen and oxygen atoms in total. The highest BCUT2D eigenvalue weighted by Gasteiger charge is 2.15. The third-order valence-corrected chi connectivity index (χ3v) is 2.17. The molecule has 1 unspecified atom stereocenters. The molecular weight excluding hydrogens is 204 g/mol. The Hall–Kier alpha value is -1.80. The van der Waals surface area contributed by atoms with Crippen molar-refractivity contribution in [2.24, 2.45) is 12.8 Å². The van der Waals surface area contributed by atoms with Crippen LogP contribution in [0.4, 0.5) is 5.69 Å². The molecule has 0 spiro atoms. The smallest absolute Gasteiger partial charge is 0.242 e. The fraction of sp³-hybridized carbons (Fsp3) is 0.455. The van der Waals surface area contributed by atoms with Gasteiger partial charge in [0.25, 0.3) is 0 Å². The Bertz CT molecular complexity index is 416. The number of hydrogen-bond acceptors (Lipinski definition) is 3. The van der Waals surface area contributed by atoms with Gasteiger partial charge in [0.05, 0.1) is 17.4 Å². The highest BCUT2D eigenvalue weighted by atomic mass is 16.2. The zero-order chi connectivity index (χ0) is 12.1. The highest BCUT2D eigenvalue weighted by molar-refractivity contribution is 5.95. The Kier molecular flexibility index (Phi) is 4.09. The van der Waals surface area contributed by atoms with Gasteiger partial charge >= 0.3 is 0 Å². The van der Waals surface area contributed by atoms with E-state index in [1.807, 2.05) is 6.92 Å². The summed E-state index contributed by atoms with van der Waals surface area (Å²) in [7, 11) is 1.80. The Labute approximate surface area is 95.0 Å². The maximum Gasteiger partial charge on any atom is 0.242 e. The normalized spacial score (nSPS) is 11.9. The number of carbonyl (C=O) groups excluding carboxylic acids is 1. The molecule has 1 amide bonds. The van der Waals surface area contributed by atoms with E-state index < -0.39 is 6.04 Å². The van der Waals surface area contributed by atoms with Crippen LogP contribution >= 0.6 is 0 Å². The van der Waals surface area contributed by atoms with Crippen molar-refractivity contribution in [2.45, 2.75) is 25.8 Å².